The summed E-state index contributed by atoms with van der Waals surface area (Å²) in [6.45, 7) is 0. The lowest BCUT2D eigenvalue weighted by atomic mass is 10.0. The summed E-state index contributed by atoms with van der Waals surface area (Å²) in [5.41, 5.74) is 5.51. The van der Waals surface area contributed by atoms with Gasteiger partial charge in [0.05, 0.1) is 14.7 Å². The summed E-state index contributed by atoms with van der Waals surface area (Å²) < 4.78 is 6.88. The number of benzene rings is 4. The van der Waals surface area contributed by atoms with E-state index >= 15 is 0 Å². The van der Waals surface area contributed by atoms with Crippen LogP contribution in [0.15, 0.2) is 111 Å². The number of amides is 1. The third kappa shape index (κ3) is 6.12. The fourth-order valence-corrected chi connectivity index (χ4v) is 4.42. The molecule has 7 heteroatoms. The maximum Gasteiger partial charge on any atom is 0.271 e. The molecule has 4 rings (SSSR count). The molecular formula is C27H20Br2N2O3. The summed E-state index contributed by atoms with van der Waals surface area (Å²) in [4.78, 5) is 12.9. The fourth-order valence-electron chi connectivity index (χ4n) is 3.24. The number of ether oxygens (including phenoxy) is 1. The third-order valence-corrected chi connectivity index (χ3v) is 6.14. The van der Waals surface area contributed by atoms with Gasteiger partial charge in [-0.15, -0.1) is 0 Å². The average molecular weight is 580 g/mol. The van der Waals surface area contributed by atoms with Gasteiger partial charge in [-0.25, -0.2) is 5.43 Å². The number of nitrogens with zero attached hydrogens (tertiary/aromatic N) is 1. The molecule has 0 unspecified atom stereocenters. The van der Waals surface area contributed by atoms with Crippen molar-refractivity contribution in [2.24, 2.45) is 5.10 Å². The minimum atomic E-state index is -0.360. The van der Waals surface area contributed by atoms with Gasteiger partial charge in [-0.1, -0.05) is 54.6 Å². The Morgan fingerprint density at radius 1 is 0.794 bits per heavy atom. The van der Waals surface area contributed by atoms with Crippen LogP contribution in [-0.2, 0) is 6.42 Å². The van der Waals surface area contributed by atoms with Gasteiger partial charge in [0.2, 0.25) is 0 Å². The Kier molecular flexibility index (Phi) is 7.77. The van der Waals surface area contributed by atoms with Crippen molar-refractivity contribution < 1.29 is 14.6 Å². The van der Waals surface area contributed by atoms with E-state index in [0.29, 0.717) is 38.1 Å². The van der Waals surface area contributed by atoms with Gasteiger partial charge in [-0.05, 0) is 79.9 Å². The van der Waals surface area contributed by atoms with Gasteiger partial charge in [0.15, 0.2) is 0 Å². The van der Waals surface area contributed by atoms with E-state index in [1.807, 2.05) is 60.7 Å². The van der Waals surface area contributed by atoms with Crippen LogP contribution in [0.2, 0.25) is 0 Å². The monoisotopic (exact) mass is 578 g/mol. The summed E-state index contributed by atoms with van der Waals surface area (Å²) >= 11 is 6.73. The molecule has 1 amide bonds. The van der Waals surface area contributed by atoms with Crippen LogP contribution < -0.4 is 10.2 Å². The molecule has 0 aliphatic carbocycles. The van der Waals surface area contributed by atoms with Crippen LogP contribution in [0.5, 0.6) is 17.2 Å². The molecular weight excluding hydrogens is 560 g/mol. The van der Waals surface area contributed by atoms with Crippen molar-refractivity contribution in [3.05, 3.63) is 123 Å². The molecule has 0 saturated heterocycles. The number of hydrogen-bond acceptors (Lipinski definition) is 4. The quantitative estimate of drug-likeness (QED) is 0.181. The summed E-state index contributed by atoms with van der Waals surface area (Å²) in [5.74, 6) is 0.980. The van der Waals surface area contributed by atoms with E-state index in [2.05, 4.69) is 42.4 Å². The molecule has 0 heterocycles. The molecule has 0 fully saturated rings. The van der Waals surface area contributed by atoms with E-state index in [1.54, 1.807) is 36.4 Å². The Morgan fingerprint density at radius 2 is 1.41 bits per heavy atom. The topological polar surface area (TPSA) is 70.9 Å². The Bertz CT molecular complexity index is 1300. The first-order chi connectivity index (χ1) is 16.5. The van der Waals surface area contributed by atoms with E-state index in [-0.39, 0.29) is 11.7 Å². The molecule has 0 saturated carbocycles. The summed E-state index contributed by atoms with van der Waals surface area (Å²) in [6, 6.07) is 29.7. The molecule has 0 aliphatic heterocycles. The number of carbonyl (C=O) groups excluding carboxylic acids is 1. The molecule has 5 nitrogen and oxygen atoms in total. The van der Waals surface area contributed by atoms with Crippen LogP contribution in [0, 0.1) is 0 Å². The van der Waals surface area contributed by atoms with Gasteiger partial charge in [0.1, 0.15) is 17.2 Å². The number of phenolic OH excluding ortho intramolecular Hbond substituents is 1. The molecule has 170 valence electrons. The highest BCUT2D eigenvalue weighted by Gasteiger charge is 2.13. The van der Waals surface area contributed by atoms with Crippen LogP contribution in [0.25, 0.3) is 0 Å². The van der Waals surface area contributed by atoms with E-state index in [4.69, 9.17) is 4.74 Å². The number of rotatable bonds is 7. The molecule has 0 bridgehead atoms. The maximum atomic E-state index is 12.9. The summed E-state index contributed by atoms with van der Waals surface area (Å²) in [7, 11) is 0. The van der Waals surface area contributed by atoms with Gasteiger partial charge >= 0.3 is 0 Å². The molecule has 0 atom stereocenters. The number of carbonyl (C=O) groups is 1. The minimum Gasteiger partial charge on any atom is -0.506 e. The minimum absolute atomic E-state index is 0.0991. The van der Waals surface area contributed by atoms with Crippen molar-refractivity contribution in [2.45, 2.75) is 6.42 Å². The van der Waals surface area contributed by atoms with E-state index < -0.39 is 0 Å². The second kappa shape index (κ2) is 11.1. The fraction of sp³-hybridized carbons (Fsp3) is 0.0370. The first-order valence-electron chi connectivity index (χ1n) is 10.4. The first kappa shape index (κ1) is 23.7. The van der Waals surface area contributed by atoms with Crippen LogP contribution in [0.3, 0.4) is 0 Å². The summed E-state index contributed by atoms with van der Waals surface area (Å²) in [6.07, 6.45) is 0.488. The molecule has 0 radical (unpaired) electrons. The van der Waals surface area contributed by atoms with Gasteiger partial charge in [-0.2, -0.15) is 5.10 Å². The number of phenols is 1. The lowest BCUT2D eigenvalue weighted by Gasteiger charge is -2.11. The Labute approximate surface area is 214 Å². The first-order valence-corrected chi connectivity index (χ1v) is 12.0. The second-order valence-electron chi connectivity index (χ2n) is 7.39. The van der Waals surface area contributed by atoms with Crippen molar-refractivity contribution >= 4 is 43.5 Å². The molecule has 4 aromatic rings. The van der Waals surface area contributed by atoms with E-state index in [1.165, 1.54) is 0 Å². The van der Waals surface area contributed by atoms with Crippen molar-refractivity contribution in [1.29, 1.82) is 0 Å². The van der Waals surface area contributed by atoms with Crippen molar-refractivity contribution in [3.8, 4) is 17.2 Å². The number of aromatic hydroxyl groups is 1. The van der Waals surface area contributed by atoms with Gasteiger partial charge < -0.3 is 9.84 Å². The van der Waals surface area contributed by atoms with Gasteiger partial charge in [0.25, 0.3) is 5.91 Å². The lowest BCUT2D eigenvalue weighted by molar-refractivity contribution is 0.0954. The highest BCUT2D eigenvalue weighted by molar-refractivity contribution is 9.11. The molecule has 0 aliphatic rings. The Hall–Kier alpha value is -3.42. The van der Waals surface area contributed by atoms with E-state index in [0.717, 1.165) is 11.1 Å². The molecule has 2 N–H and O–H groups in total. The number of nitrogens with one attached hydrogen (secondary N) is 1. The second-order valence-corrected chi connectivity index (χ2v) is 9.10. The van der Waals surface area contributed by atoms with Crippen LogP contribution in [0.4, 0.5) is 0 Å². The molecule has 0 spiro atoms. The normalized spacial score (nSPS) is 11.2. The third-order valence-electron chi connectivity index (χ3n) is 4.93. The predicted octanol–water partition coefficient (Wildman–Crippen LogP) is 7.09. The van der Waals surface area contributed by atoms with Crippen molar-refractivity contribution in [3.63, 3.8) is 0 Å². The molecule has 0 aromatic heterocycles. The Balaban J connectivity index is 1.58. The number of para-hydroxylation sites is 1. The molecule has 4 aromatic carbocycles. The zero-order valence-corrected chi connectivity index (χ0v) is 21.1. The smallest absolute Gasteiger partial charge is 0.271 e. The van der Waals surface area contributed by atoms with Gasteiger partial charge in [0, 0.05) is 17.5 Å². The van der Waals surface area contributed by atoms with E-state index in [9.17, 15) is 9.90 Å². The predicted molar refractivity (Wildman–Crippen MR) is 141 cm³/mol. The largest absolute Gasteiger partial charge is 0.506 e. The average Bonchev–Trinajstić information content (AvgIpc) is 2.86. The van der Waals surface area contributed by atoms with Crippen molar-refractivity contribution in [1.82, 2.24) is 5.43 Å². The SMILES string of the molecule is O=C(N/N=C(/Cc1ccccc1)c1cc(Br)c(O)c(Br)c1)c1cccc(Oc2ccccc2)c1. The van der Waals surface area contributed by atoms with Crippen LogP contribution >= 0.6 is 31.9 Å². The zero-order chi connectivity index (χ0) is 23.9. The standard InChI is InChI=1S/C27H20Br2N2O3/c28-23-16-20(17-24(29)26(23)32)25(14-18-8-3-1-4-9-18)30-31-27(33)19-10-7-13-22(15-19)34-21-11-5-2-6-12-21/h1-13,15-17,32H,14H2,(H,31,33)/b30-25-. The van der Waals surface area contributed by atoms with Crippen LogP contribution in [-0.4, -0.2) is 16.7 Å². The molecule has 34 heavy (non-hydrogen) atoms. The highest BCUT2D eigenvalue weighted by atomic mass is 79.9. The maximum absolute atomic E-state index is 12.9. The highest BCUT2D eigenvalue weighted by Crippen LogP contribution is 2.33. The number of hydrogen-bond donors (Lipinski definition) is 2. The van der Waals surface area contributed by atoms with Gasteiger partial charge in [-0.3, -0.25) is 4.79 Å². The zero-order valence-electron chi connectivity index (χ0n) is 17.9. The number of halogens is 2. The Morgan fingerprint density at radius 3 is 2.09 bits per heavy atom. The summed E-state index contributed by atoms with van der Waals surface area (Å²) in [5, 5.41) is 14.5. The number of hydrazone groups is 1. The lowest BCUT2D eigenvalue weighted by Crippen LogP contribution is -2.21. The van der Waals surface area contributed by atoms with Crippen molar-refractivity contribution in [2.75, 3.05) is 0 Å². The van der Waals surface area contributed by atoms with Crippen LogP contribution in [0.1, 0.15) is 21.5 Å².